The van der Waals surface area contributed by atoms with Gasteiger partial charge in [-0.3, -0.25) is 0 Å². The summed E-state index contributed by atoms with van der Waals surface area (Å²) in [5.74, 6) is 0. The van der Waals surface area contributed by atoms with Gasteiger partial charge in [0.1, 0.15) is 18.8 Å². The minimum atomic E-state index is 0.0851. The second kappa shape index (κ2) is 5.48. The number of epoxide rings is 1. The Morgan fingerprint density at radius 3 is 2.75 bits per heavy atom. The molecule has 0 N–H and O–H groups in total. The van der Waals surface area contributed by atoms with Crippen molar-refractivity contribution >= 4 is 0 Å². The molecule has 2 unspecified atom stereocenters. The summed E-state index contributed by atoms with van der Waals surface area (Å²) in [5.41, 5.74) is 0. The highest BCUT2D eigenvalue weighted by Crippen LogP contribution is 2.19. The van der Waals surface area contributed by atoms with E-state index < -0.39 is 0 Å². The van der Waals surface area contributed by atoms with Crippen molar-refractivity contribution in [1.29, 1.82) is 0 Å². The molecule has 0 saturated carbocycles. The summed E-state index contributed by atoms with van der Waals surface area (Å²) in [6.45, 7) is 3.87. The Kier molecular flexibility index (Phi) is 4.53. The van der Waals surface area contributed by atoms with Crippen LogP contribution in [0.25, 0.3) is 0 Å². The number of hydrogen-bond acceptors (Lipinski definition) is 4. The SMILES string of the molecule is CCC(OOCCOC)C1CO1. The van der Waals surface area contributed by atoms with Crippen LogP contribution < -0.4 is 0 Å². The van der Waals surface area contributed by atoms with E-state index in [0.29, 0.717) is 13.2 Å². The lowest BCUT2D eigenvalue weighted by molar-refractivity contribution is -0.330. The molecule has 4 nitrogen and oxygen atoms in total. The van der Waals surface area contributed by atoms with Crippen molar-refractivity contribution in [2.24, 2.45) is 0 Å². The third-order valence-corrected chi connectivity index (χ3v) is 1.74. The van der Waals surface area contributed by atoms with Crippen molar-refractivity contribution in [1.82, 2.24) is 0 Å². The monoisotopic (exact) mass is 176 g/mol. The summed E-state index contributed by atoms with van der Waals surface area (Å²) in [4.78, 5) is 10.0. The molecule has 72 valence electrons. The van der Waals surface area contributed by atoms with Gasteiger partial charge in [0.25, 0.3) is 0 Å². The Morgan fingerprint density at radius 2 is 2.25 bits per heavy atom. The van der Waals surface area contributed by atoms with Crippen molar-refractivity contribution in [3.63, 3.8) is 0 Å². The van der Waals surface area contributed by atoms with Crippen molar-refractivity contribution in [2.75, 3.05) is 26.9 Å². The van der Waals surface area contributed by atoms with E-state index in [2.05, 4.69) is 0 Å². The molecule has 4 heteroatoms. The summed E-state index contributed by atoms with van der Waals surface area (Å²) in [6, 6.07) is 0. The third kappa shape index (κ3) is 3.49. The van der Waals surface area contributed by atoms with E-state index in [1.807, 2.05) is 6.92 Å². The first-order valence-electron chi connectivity index (χ1n) is 4.27. The van der Waals surface area contributed by atoms with Gasteiger partial charge in [-0.2, -0.15) is 0 Å². The van der Waals surface area contributed by atoms with E-state index >= 15 is 0 Å². The molecule has 1 heterocycles. The second-order valence-electron chi connectivity index (χ2n) is 2.73. The molecule has 0 spiro atoms. The Labute approximate surface area is 72.7 Å². The van der Waals surface area contributed by atoms with Gasteiger partial charge in [0.05, 0.1) is 13.2 Å². The van der Waals surface area contributed by atoms with E-state index in [4.69, 9.17) is 19.2 Å². The fraction of sp³-hybridized carbons (Fsp3) is 1.00. The second-order valence-corrected chi connectivity index (χ2v) is 2.73. The number of methoxy groups -OCH3 is 1. The van der Waals surface area contributed by atoms with Crippen LogP contribution in [0, 0.1) is 0 Å². The maximum absolute atomic E-state index is 5.11. The molecule has 0 bridgehead atoms. The van der Waals surface area contributed by atoms with E-state index in [1.54, 1.807) is 7.11 Å². The Bertz CT molecular complexity index is 114. The molecule has 1 aliphatic heterocycles. The van der Waals surface area contributed by atoms with Gasteiger partial charge >= 0.3 is 0 Å². The smallest absolute Gasteiger partial charge is 0.121 e. The summed E-state index contributed by atoms with van der Waals surface area (Å²) < 4.78 is 9.88. The first-order valence-corrected chi connectivity index (χ1v) is 4.27. The predicted molar refractivity (Wildman–Crippen MR) is 42.7 cm³/mol. The van der Waals surface area contributed by atoms with Crippen LogP contribution in [0.3, 0.4) is 0 Å². The van der Waals surface area contributed by atoms with Crippen LogP contribution in [-0.2, 0) is 19.2 Å². The maximum Gasteiger partial charge on any atom is 0.121 e. The van der Waals surface area contributed by atoms with Crippen LogP contribution in [0.1, 0.15) is 13.3 Å². The van der Waals surface area contributed by atoms with E-state index in [1.165, 1.54) is 0 Å². The van der Waals surface area contributed by atoms with Gasteiger partial charge in [-0.1, -0.05) is 6.92 Å². The molecule has 0 amide bonds. The molecular formula is C8H16O4. The summed E-state index contributed by atoms with van der Waals surface area (Å²) in [7, 11) is 1.63. The molecule has 12 heavy (non-hydrogen) atoms. The van der Waals surface area contributed by atoms with Gasteiger partial charge in [-0.05, 0) is 6.42 Å². The maximum atomic E-state index is 5.11. The Hall–Kier alpha value is -0.160. The average molecular weight is 176 g/mol. The van der Waals surface area contributed by atoms with E-state index in [0.717, 1.165) is 13.0 Å². The highest BCUT2D eigenvalue weighted by Gasteiger charge is 2.33. The van der Waals surface area contributed by atoms with Gasteiger partial charge in [0.15, 0.2) is 0 Å². The zero-order valence-electron chi connectivity index (χ0n) is 7.62. The highest BCUT2D eigenvalue weighted by atomic mass is 17.2. The number of hydrogen-bond donors (Lipinski definition) is 0. The Morgan fingerprint density at radius 1 is 1.50 bits per heavy atom. The van der Waals surface area contributed by atoms with Gasteiger partial charge in [0, 0.05) is 7.11 Å². The molecule has 1 fully saturated rings. The fourth-order valence-electron chi connectivity index (χ4n) is 0.916. The van der Waals surface area contributed by atoms with Gasteiger partial charge < -0.3 is 9.47 Å². The molecule has 0 aromatic heterocycles. The third-order valence-electron chi connectivity index (χ3n) is 1.74. The molecule has 2 atom stereocenters. The van der Waals surface area contributed by atoms with Gasteiger partial charge in [-0.15, -0.1) is 0 Å². The first-order chi connectivity index (χ1) is 5.88. The molecule has 0 aromatic carbocycles. The van der Waals surface area contributed by atoms with Crippen molar-refractivity contribution in [2.45, 2.75) is 25.6 Å². The lowest BCUT2D eigenvalue weighted by Crippen LogP contribution is -2.20. The normalized spacial score (nSPS) is 24.0. The van der Waals surface area contributed by atoms with Crippen molar-refractivity contribution in [3.05, 3.63) is 0 Å². The Balaban J connectivity index is 1.95. The average Bonchev–Trinajstić information content (AvgIpc) is 2.88. The molecule has 1 saturated heterocycles. The summed E-state index contributed by atoms with van der Waals surface area (Å²) in [6.07, 6.45) is 1.25. The van der Waals surface area contributed by atoms with E-state index in [9.17, 15) is 0 Å². The quantitative estimate of drug-likeness (QED) is 0.248. The van der Waals surface area contributed by atoms with Crippen LogP contribution in [-0.4, -0.2) is 39.1 Å². The molecule has 1 rings (SSSR count). The van der Waals surface area contributed by atoms with Gasteiger partial charge in [0.2, 0.25) is 0 Å². The van der Waals surface area contributed by atoms with Crippen LogP contribution in [0.2, 0.25) is 0 Å². The topological polar surface area (TPSA) is 40.2 Å². The standard InChI is InChI=1S/C8H16O4/c1-3-7(8-6-10-8)12-11-5-4-9-2/h7-8H,3-6H2,1-2H3. The molecule has 1 aliphatic rings. The summed E-state index contributed by atoms with van der Waals surface area (Å²) >= 11 is 0. The lowest BCUT2D eigenvalue weighted by atomic mass is 10.2. The number of rotatable bonds is 7. The van der Waals surface area contributed by atoms with Crippen molar-refractivity contribution < 1.29 is 19.2 Å². The first kappa shape index (κ1) is 9.92. The van der Waals surface area contributed by atoms with Crippen LogP contribution in [0.15, 0.2) is 0 Å². The molecule has 0 radical (unpaired) electrons. The molecular weight excluding hydrogens is 160 g/mol. The predicted octanol–water partition coefficient (Wildman–Crippen LogP) is 0.758. The number of ether oxygens (including phenoxy) is 2. The van der Waals surface area contributed by atoms with Crippen LogP contribution >= 0.6 is 0 Å². The van der Waals surface area contributed by atoms with Crippen LogP contribution in [0.5, 0.6) is 0 Å². The zero-order chi connectivity index (χ0) is 8.81. The van der Waals surface area contributed by atoms with Gasteiger partial charge in [-0.25, -0.2) is 9.78 Å². The molecule has 0 aliphatic carbocycles. The fourth-order valence-corrected chi connectivity index (χ4v) is 0.916. The largest absolute Gasteiger partial charge is 0.382 e. The lowest BCUT2D eigenvalue weighted by Gasteiger charge is -2.11. The minimum Gasteiger partial charge on any atom is -0.382 e. The van der Waals surface area contributed by atoms with E-state index in [-0.39, 0.29) is 12.2 Å². The molecule has 0 aromatic rings. The van der Waals surface area contributed by atoms with Crippen molar-refractivity contribution in [3.8, 4) is 0 Å². The summed E-state index contributed by atoms with van der Waals surface area (Å²) in [5, 5.41) is 0. The highest BCUT2D eigenvalue weighted by molar-refractivity contribution is 4.77. The zero-order valence-corrected chi connectivity index (χ0v) is 7.62. The minimum absolute atomic E-state index is 0.0851. The van der Waals surface area contributed by atoms with Crippen LogP contribution in [0.4, 0.5) is 0 Å².